The van der Waals surface area contributed by atoms with Gasteiger partial charge in [0, 0.05) is 38.8 Å². The van der Waals surface area contributed by atoms with Gasteiger partial charge in [-0.25, -0.2) is 0 Å². The molecule has 2 fully saturated rings. The van der Waals surface area contributed by atoms with Gasteiger partial charge in [0.1, 0.15) is 0 Å². The number of carbonyl (C=O) groups is 1. The minimum absolute atomic E-state index is 0.0254. The molecule has 0 radical (unpaired) electrons. The lowest BCUT2D eigenvalue weighted by molar-refractivity contribution is 0.0657. The number of piperazine rings is 1. The van der Waals surface area contributed by atoms with Gasteiger partial charge >= 0.3 is 0 Å². The second-order valence-corrected chi connectivity index (χ2v) is 8.48. The Morgan fingerprint density at radius 1 is 1.14 bits per heavy atom. The summed E-state index contributed by atoms with van der Waals surface area (Å²) >= 11 is 0. The molecule has 162 valence electrons. The van der Waals surface area contributed by atoms with Gasteiger partial charge in [-0.15, -0.1) is 0 Å². The molecule has 0 aliphatic carbocycles. The fourth-order valence-electron chi connectivity index (χ4n) is 4.29. The summed E-state index contributed by atoms with van der Waals surface area (Å²) in [5, 5.41) is 3.46. The summed E-state index contributed by atoms with van der Waals surface area (Å²) in [5.74, 6) is 2.05. The van der Waals surface area contributed by atoms with Crippen LogP contribution in [0.25, 0.3) is 0 Å². The van der Waals surface area contributed by atoms with Crippen molar-refractivity contribution in [2.75, 3.05) is 52.4 Å². The van der Waals surface area contributed by atoms with Crippen molar-refractivity contribution in [2.45, 2.75) is 46.1 Å². The average molecular weight is 404 g/mol. The lowest BCUT2D eigenvalue weighted by Crippen LogP contribution is -2.54. The Balaban J connectivity index is 1.59. The van der Waals surface area contributed by atoms with Crippen LogP contribution in [0.5, 0.6) is 0 Å². The van der Waals surface area contributed by atoms with E-state index >= 15 is 0 Å². The van der Waals surface area contributed by atoms with Crippen LogP contribution < -0.4 is 5.32 Å². The van der Waals surface area contributed by atoms with E-state index in [-0.39, 0.29) is 5.91 Å². The second kappa shape index (κ2) is 10.7. The van der Waals surface area contributed by atoms with E-state index in [4.69, 9.17) is 9.41 Å². The van der Waals surface area contributed by atoms with E-state index in [1.807, 2.05) is 4.90 Å². The van der Waals surface area contributed by atoms with Crippen LogP contribution in [-0.2, 0) is 0 Å². The van der Waals surface area contributed by atoms with E-state index in [1.54, 1.807) is 18.4 Å². The van der Waals surface area contributed by atoms with Crippen LogP contribution in [-0.4, -0.2) is 85.0 Å². The van der Waals surface area contributed by atoms with Gasteiger partial charge in [-0.2, -0.15) is 0 Å². The number of hydrogen-bond acceptors (Lipinski definition) is 4. The number of guanidine groups is 1. The van der Waals surface area contributed by atoms with Crippen LogP contribution in [0.3, 0.4) is 0 Å². The maximum absolute atomic E-state index is 12.5. The van der Waals surface area contributed by atoms with E-state index in [0.717, 1.165) is 32.1 Å². The smallest absolute Gasteiger partial charge is 0.289 e. The SMILES string of the molecule is CCNC(=NCC(CC(C)C)N1CCCC1)N1CCN(C(=O)c2ccco2)CC1. The van der Waals surface area contributed by atoms with E-state index in [0.29, 0.717) is 30.8 Å². The predicted molar refractivity (Wildman–Crippen MR) is 116 cm³/mol. The number of likely N-dealkylation sites (tertiary alicyclic amines) is 1. The number of nitrogens with one attached hydrogen (secondary N) is 1. The molecule has 7 heteroatoms. The number of nitrogens with zero attached hydrogens (tertiary/aromatic N) is 4. The molecule has 1 N–H and O–H groups in total. The zero-order valence-corrected chi connectivity index (χ0v) is 18.3. The third-order valence-corrected chi connectivity index (χ3v) is 5.79. The van der Waals surface area contributed by atoms with Crippen molar-refractivity contribution in [3.05, 3.63) is 24.2 Å². The zero-order valence-electron chi connectivity index (χ0n) is 18.3. The Morgan fingerprint density at radius 3 is 2.41 bits per heavy atom. The van der Waals surface area contributed by atoms with Gasteiger partial charge < -0.3 is 19.5 Å². The molecule has 29 heavy (non-hydrogen) atoms. The molecule has 3 rings (SSSR count). The number of rotatable bonds is 7. The summed E-state index contributed by atoms with van der Waals surface area (Å²) in [5.41, 5.74) is 0. The van der Waals surface area contributed by atoms with Gasteiger partial charge in [0.05, 0.1) is 12.8 Å². The van der Waals surface area contributed by atoms with Crippen molar-refractivity contribution in [1.82, 2.24) is 20.0 Å². The van der Waals surface area contributed by atoms with Gasteiger partial charge in [0.15, 0.2) is 11.7 Å². The summed E-state index contributed by atoms with van der Waals surface area (Å²) in [6.45, 7) is 13.8. The van der Waals surface area contributed by atoms with Crippen LogP contribution in [0.1, 0.15) is 50.6 Å². The normalized spacial score (nSPS) is 19.8. The molecule has 1 atom stereocenters. The molecule has 7 nitrogen and oxygen atoms in total. The first-order chi connectivity index (χ1) is 14.1. The van der Waals surface area contributed by atoms with Crippen molar-refractivity contribution in [3.63, 3.8) is 0 Å². The minimum atomic E-state index is -0.0254. The minimum Gasteiger partial charge on any atom is -0.459 e. The van der Waals surface area contributed by atoms with Gasteiger partial charge in [0.2, 0.25) is 0 Å². The molecule has 1 aromatic rings. The molecule has 0 saturated carbocycles. The maximum atomic E-state index is 12.5. The highest BCUT2D eigenvalue weighted by Gasteiger charge is 2.26. The highest BCUT2D eigenvalue weighted by atomic mass is 16.3. The molecule has 1 amide bonds. The van der Waals surface area contributed by atoms with Gasteiger partial charge in [-0.05, 0) is 57.3 Å². The first-order valence-electron chi connectivity index (χ1n) is 11.2. The molecule has 1 aromatic heterocycles. The number of furan rings is 1. The highest BCUT2D eigenvalue weighted by molar-refractivity contribution is 5.91. The first kappa shape index (κ1) is 21.7. The van der Waals surface area contributed by atoms with E-state index in [9.17, 15) is 4.79 Å². The largest absolute Gasteiger partial charge is 0.459 e. The van der Waals surface area contributed by atoms with Gasteiger partial charge in [0.25, 0.3) is 5.91 Å². The number of carbonyl (C=O) groups excluding carboxylic acids is 1. The monoisotopic (exact) mass is 403 g/mol. The fourth-order valence-corrected chi connectivity index (χ4v) is 4.29. The van der Waals surface area contributed by atoms with Crippen molar-refractivity contribution >= 4 is 11.9 Å². The molecule has 1 unspecified atom stereocenters. The van der Waals surface area contributed by atoms with E-state index in [1.165, 1.54) is 32.4 Å². The van der Waals surface area contributed by atoms with Crippen LogP contribution in [0, 0.1) is 5.92 Å². The van der Waals surface area contributed by atoms with E-state index < -0.39 is 0 Å². The predicted octanol–water partition coefficient (Wildman–Crippen LogP) is 2.51. The summed E-state index contributed by atoms with van der Waals surface area (Å²) in [6.07, 6.45) is 5.36. The molecule has 0 bridgehead atoms. The summed E-state index contributed by atoms with van der Waals surface area (Å²) in [6, 6.07) is 4.01. The van der Waals surface area contributed by atoms with Crippen molar-refractivity contribution in [1.29, 1.82) is 0 Å². The van der Waals surface area contributed by atoms with Crippen LogP contribution in [0.15, 0.2) is 27.8 Å². The highest BCUT2D eigenvalue weighted by Crippen LogP contribution is 2.18. The quantitative estimate of drug-likeness (QED) is 0.560. The molecule has 2 aliphatic rings. The average Bonchev–Trinajstić information content (AvgIpc) is 3.43. The molecular weight excluding hydrogens is 366 g/mol. The number of hydrogen-bond donors (Lipinski definition) is 1. The Labute approximate surface area is 175 Å². The third kappa shape index (κ3) is 5.98. The van der Waals surface area contributed by atoms with Crippen LogP contribution in [0.2, 0.25) is 0 Å². The zero-order chi connectivity index (χ0) is 20.6. The van der Waals surface area contributed by atoms with Crippen LogP contribution >= 0.6 is 0 Å². The first-order valence-corrected chi connectivity index (χ1v) is 11.2. The summed E-state index contributed by atoms with van der Waals surface area (Å²) < 4.78 is 5.26. The topological polar surface area (TPSA) is 64.3 Å². The number of amides is 1. The summed E-state index contributed by atoms with van der Waals surface area (Å²) in [4.78, 5) is 24.3. The van der Waals surface area contributed by atoms with Gasteiger partial charge in [-0.3, -0.25) is 14.7 Å². The molecular formula is C22H37N5O2. The lowest BCUT2D eigenvalue weighted by Gasteiger charge is -2.36. The van der Waals surface area contributed by atoms with Gasteiger partial charge in [-0.1, -0.05) is 13.8 Å². The molecule has 3 heterocycles. The molecule has 0 aromatic carbocycles. The Hall–Kier alpha value is -2.02. The lowest BCUT2D eigenvalue weighted by atomic mass is 10.0. The van der Waals surface area contributed by atoms with Crippen molar-refractivity contribution in [2.24, 2.45) is 10.9 Å². The Bertz CT molecular complexity index is 644. The fraction of sp³-hybridized carbons (Fsp3) is 0.727. The number of aliphatic imine (C=N–C) groups is 1. The Kier molecular flexibility index (Phi) is 7.98. The third-order valence-electron chi connectivity index (χ3n) is 5.79. The van der Waals surface area contributed by atoms with Crippen molar-refractivity contribution < 1.29 is 9.21 Å². The Morgan fingerprint density at radius 2 is 1.83 bits per heavy atom. The second-order valence-electron chi connectivity index (χ2n) is 8.48. The van der Waals surface area contributed by atoms with E-state index in [2.05, 4.69) is 35.9 Å². The standard InChI is InChI=1S/C22H37N5O2/c1-4-23-22(24-17-19(16-18(2)3)25-9-5-6-10-25)27-13-11-26(12-14-27)21(28)20-8-7-15-29-20/h7-8,15,18-19H,4-6,9-14,16-17H2,1-3H3,(H,23,24). The maximum Gasteiger partial charge on any atom is 0.289 e. The molecule has 2 aliphatic heterocycles. The van der Waals surface area contributed by atoms with Crippen molar-refractivity contribution in [3.8, 4) is 0 Å². The molecule has 0 spiro atoms. The molecule has 2 saturated heterocycles. The van der Waals surface area contributed by atoms with Crippen LogP contribution in [0.4, 0.5) is 0 Å². The summed E-state index contributed by atoms with van der Waals surface area (Å²) in [7, 11) is 0.